The van der Waals surface area contributed by atoms with E-state index >= 15 is 0 Å². The summed E-state index contributed by atoms with van der Waals surface area (Å²) < 4.78 is 46.7. The minimum atomic E-state index is -4.00. The number of likely N-dealkylation sites (N-methyl/N-ethyl adjacent to an activating group) is 1. The number of nitrogens with one attached hydrogen (secondary N) is 2. The molecule has 3 N–H and O–H groups in total. The zero-order valence-corrected chi connectivity index (χ0v) is 30.7. The summed E-state index contributed by atoms with van der Waals surface area (Å²) in [7, 11) is -0.745. The van der Waals surface area contributed by atoms with Crippen LogP contribution in [-0.2, 0) is 14.8 Å². The highest BCUT2D eigenvalue weighted by molar-refractivity contribution is 7.92. The van der Waals surface area contributed by atoms with Gasteiger partial charge in [0.2, 0.25) is 0 Å². The maximum Gasteiger partial charge on any atom is 0.321 e. The molecule has 272 valence electrons. The minimum absolute atomic E-state index is 0.0104. The van der Waals surface area contributed by atoms with E-state index in [9.17, 15) is 23.1 Å². The zero-order chi connectivity index (χ0) is 36.4. The molecule has 1 aliphatic rings. The second kappa shape index (κ2) is 17.8. The van der Waals surface area contributed by atoms with E-state index < -0.39 is 28.1 Å². The molecule has 0 unspecified atom stereocenters. The number of aliphatic hydroxyl groups excluding tert-OH is 1. The van der Waals surface area contributed by atoms with Gasteiger partial charge in [-0.05, 0) is 99.8 Å². The third kappa shape index (κ3) is 10.5. The smallest absolute Gasteiger partial charge is 0.321 e. The van der Waals surface area contributed by atoms with E-state index in [0.717, 1.165) is 12.8 Å². The molecule has 0 aromatic heterocycles. The van der Waals surface area contributed by atoms with Crippen molar-refractivity contribution in [2.24, 2.45) is 5.92 Å². The Labute approximate surface area is 299 Å². The maximum absolute atomic E-state index is 14.4. The van der Waals surface area contributed by atoms with Crippen molar-refractivity contribution >= 4 is 44.9 Å². The van der Waals surface area contributed by atoms with Crippen LogP contribution in [0.15, 0.2) is 71.6 Å². The van der Waals surface area contributed by atoms with E-state index in [4.69, 9.17) is 25.8 Å². The van der Waals surface area contributed by atoms with Crippen LogP contribution in [0.25, 0.3) is 0 Å². The number of carbonyl (C=O) groups excluding carboxylic acids is 2. The molecule has 1 heterocycles. The lowest BCUT2D eigenvalue weighted by molar-refractivity contribution is -0.0115. The van der Waals surface area contributed by atoms with Crippen molar-refractivity contribution in [2.45, 2.75) is 63.2 Å². The summed E-state index contributed by atoms with van der Waals surface area (Å²) >= 11 is 5.95. The first-order chi connectivity index (χ1) is 23.8. The molecular weight excluding hydrogens is 684 g/mol. The Morgan fingerprint density at radius 3 is 2.42 bits per heavy atom. The van der Waals surface area contributed by atoms with Gasteiger partial charge in [-0.1, -0.05) is 18.5 Å². The highest BCUT2D eigenvalue weighted by Crippen LogP contribution is 2.30. The molecule has 0 spiro atoms. The molecule has 14 heteroatoms. The lowest BCUT2D eigenvalue weighted by atomic mass is 10.0. The van der Waals surface area contributed by atoms with Crippen molar-refractivity contribution in [3.05, 3.63) is 77.3 Å². The minimum Gasteiger partial charge on any atom is -0.497 e. The topological polar surface area (TPSA) is 147 Å². The van der Waals surface area contributed by atoms with Crippen LogP contribution in [0, 0.1) is 5.92 Å². The van der Waals surface area contributed by atoms with Gasteiger partial charge < -0.3 is 34.4 Å². The van der Waals surface area contributed by atoms with E-state index in [2.05, 4.69) is 10.0 Å². The monoisotopic (exact) mass is 730 g/mol. The number of methoxy groups -OCH3 is 1. The summed E-state index contributed by atoms with van der Waals surface area (Å²) in [6, 6.07) is 16.4. The van der Waals surface area contributed by atoms with Crippen molar-refractivity contribution in [2.75, 3.05) is 50.5 Å². The van der Waals surface area contributed by atoms with Gasteiger partial charge in [0, 0.05) is 49.1 Å². The summed E-state index contributed by atoms with van der Waals surface area (Å²) in [5.74, 6) is 0.254. The molecule has 4 rings (SSSR count). The number of fused-ring (bicyclic) bond motifs is 1. The first kappa shape index (κ1) is 38.8. The van der Waals surface area contributed by atoms with Gasteiger partial charge in [-0.2, -0.15) is 0 Å². The van der Waals surface area contributed by atoms with Crippen molar-refractivity contribution in [3.63, 3.8) is 0 Å². The summed E-state index contributed by atoms with van der Waals surface area (Å²) in [6.45, 7) is 6.13. The number of sulfonamides is 1. The van der Waals surface area contributed by atoms with Crippen molar-refractivity contribution < 1.29 is 37.3 Å². The standard InChI is InChI=1S/C36H47ClN4O8S/c1-24-21-41(25(2)23-42)35(43)32-20-29(39-50(45,46)31-16-9-27(37)10-17-31)13-18-33(32)49-26(3)8-6-7-19-48-34(24)22-40(4)36(44)38-28-11-14-30(47-5)15-12-28/h9-18,20,24-26,34,39,42H,6-8,19,21-23H2,1-5H3,(H,38,44)/t24-,25-,26+,34+/m0/s1. The molecule has 4 atom stereocenters. The van der Waals surface area contributed by atoms with Gasteiger partial charge in [0.25, 0.3) is 15.9 Å². The van der Waals surface area contributed by atoms with Crippen LogP contribution in [0.4, 0.5) is 16.2 Å². The Kier molecular flexibility index (Phi) is 13.8. The van der Waals surface area contributed by atoms with Gasteiger partial charge in [-0.15, -0.1) is 0 Å². The molecule has 12 nitrogen and oxygen atoms in total. The molecule has 50 heavy (non-hydrogen) atoms. The molecule has 3 amide bonds. The molecule has 0 fully saturated rings. The van der Waals surface area contributed by atoms with Crippen LogP contribution in [0.3, 0.4) is 0 Å². The number of rotatable bonds is 9. The lowest BCUT2D eigenvalue weighted by Gasteiger charge is -2.35. The number of halogens is 1. The number of benzene rings is 3. The van der Waals surface area contributed by atoms with Crippen LogP contribution in [0.2, 0.25) is 5.02 Å². The van der Waals surface area contributed by atoms with Crippen molar-refractivity contribution in [1.29, 1.82) is 0 Å². The van der Waals surface area contributed by atoms with Crippen molar-refractivity contribution in [1.82, 2.24) is 9.80 Å². The molecule has 1 aliphatic heterocycles. The van der Waals surface area contributed by atoms with E-state index in [-0.39, 0.29) is 53.9 Å². The predicted octanol–water partition coefficient (Wildman–Crippen LogP) is 6.11. The van der Waals surface area contributed by atoms with Gasteiger partial charge >= 0.3 is 6.03 Å². The number of aliphatic hydroxyl groups is 1. The Balaban J connectivity index is 1.61. The molecule has 0 aliphatic carbocycles. The van der Waals surface area contributed by atoms with E-state index in [1.54, 1.807) is 62.4 Å². The molecule has 3 aromatic rings. The van der Waals surface area contributed by atoms with Crippen LogP contribution in [0.5, 0.6) is 11.5 Å². The van der Waals surface area contributed by atoms with Gasteiger partial charge in [-0.3, -0.25) is 9.52 Å². The third-order valence-electron chi connectivity index (χ3n) is 8.57. The Hall–Kier alpha value is -4.04. The van der Waals surface area contributed by atoms with E-state index in [1.807, 2.05) is 13.8 Å². The number of nitrogens with zero attached hydrogens (tertiary/aromatic N) is 2. The Bertz CT molecular complexity index is 1690. The van der Waals surface area contributed by atoms with Crippen LogP contribution >= 0.6 is 11.6 Å². The fraction of sp³-hybridized carbons (Fsp3) is 0.444. The van der Waals surface area contributed by atoms with Gasteiger partial charge in [-0.25, -0.2) is 13.2 Å². The average Bonchev–Trinajstić information content (AvgIpc) is 3.09. The zero-order valence-electron chi connectivity index (χ0n) is 29.1. The Morgan fingerprint density at radius 2 is 1.76 bits per heavy atom. The highest BCUT2D eigenvalue weighted by Gasteiger charge is 2.31. The van der Waals surface area contributed by atoms with Crippen LogP contribution < -0.4 is 19.5 Å². The number of anilines is 2. The fourth-order valence-corrected chi connectivity index (χ4v) is 6.70. The molecule has 0 radical (unpaired) electrons. The predicted molar refractivity (Wildman–Crippen MR) is 194 cm³/mol. The third-order valence-corrected chi connectivity index (χ3v) is 10.2. The normalized spacial score (nSPS) is 19.7. The Morgan fingerprint density at radius 1 is 1.08 bits per heavy atom. The van der Waals surface area contributed by atoms with E-state index in [1.165, 1.54) is 35.2 Å². The quantitative estimate of drug-likeness (QED) is 0.239. The molecule has 0 bridgehead atoms. The fourth-order valence-electron chi connectivity index (χ4n) is 5.52. The second-order valence-corrected chi connectivity index (χ2v) is 14.7. The molecule has 0 saturated heterocycles. The van der Waals surface area contributed by atoms with Crippen LogP contribution in [0.1, 0.15) is 50.4 Å². The number of carbonyl (C=O) groups is 2. The van der Waals surface area contributed by atoms with Gasteiger partial charge in [0.1, 0.15) is 11.5 Å². The van der Waals surface area contributed by atoms with Crippen molar-refractivity contribution in [3.8, 4) is 11.5 Å². The maximum atomic E-state index is 14.4. The first-order valence-electron chi connectivity index (χ1n) is 16.6. The largest absolute Gasteiger partial charge is 0.497 e. The summed E-state index contributed by atoms with van der Waals surface area (Å²) in [5, 5.41) is 13.5. The number of hydrogen-bond donors (Lipinski definition) is 3. The number of hydrogen-bond acceptors (Lipinski definition) is 8. The summed E-state index contributed by atoms with van der Waals surface area (Å²) in [4.78, 5) is 30.6. The lowest BCUT2D eigenvalue weighted by Crippen LogP contribution is -2.48. The average molecular weight is 731 g/mol. The number of amides is 3. The second-order valence-electron chi connectivity index (χ2n) is 12.6. The summed E-state index contributed by atoms with van der Waals surface area (Å²) in [6.07, 6.45) is 1.53. The highest BCUT2D eigenvalue weighted by atomic mass is 35.5. The van der Waals surface area contributed by atoms with Gasteiger partial charge in [0.05, 0.1) is 42.4 Å². The SMILES string of the molecule is COc1ccc(NC(=O)N(C)C[C@H]2OCCCC[C@@H](C)Oc3ccc(NS(=O)(=O)c4ccc(Cl)cc4)cc3C(=O)N([C@@H](C)CO)C[C@@H]2C)cc1. The number of ether oxygens (including phenoxy) is 3. The van der Waals surface area contributed by atoms with E-state index in [0.29, 0.717) is 35.2 Å². The van der Waals surface area contributed by atoms with Crippen LogP contribution in [-0.4, -0.2) is 94.0 Å². The van der Waals surface area contributed by atoms with Gasteiger partial charge in [0.15, 0.2) is 0 Å². The molecular formula is C36H47ClN4O8S. The summed E-state index contributed by atoms with van der Waals surface area (Å²) in [5.41, 5.74) is 0.923. The first-order valence-corrected chi connectivity index (χ1v) is 18.5. The number of urea groups is 1. The molecule has 0 saturated carbocycles. The molecule has 3 aromatic carbocycles.